The summed E-state index contributed by atoms with van der Waals surface area (Å²) in [4.78, 5) is 4.25. The molecule has 0 spiro atoms. The van der Waals surface area contributed by atoms with Crippen molar-refractivity contribution in [1.82, 2.24) is 15.2 Å². The minimum absolute atomic E-state index is 0.442. The van der Waals surface area contributed by atoms with E-state index in [2.05, 4.69) is 20.5 Å². The van der Waals surface area contributed by atoms with Crippen LogP contribution in [0.4, 0.5) is 11.5 Å². The lowest BCUT2D eigenvalue weighted by Crippen LogP contribution is -1.94. The van der Waals surface area contributed by atoms with Crippen molar-refractivity contribution < 1.29 is 0 Å². The highest BCUT2D eigenvalue weighted by atomic mass is 35.5. The van der Waals surface area contributed by atoms with Crippen molar-refractivity contribution in [2.45, 2.75) is 0 Å². The molecule has 0 amide bonds. The van der Waals surface area contributed by atoms with E-state index in [1.807, 2.05) is 30.3 Å². The number of para-hydroxylation sites is 1. The molecule has 17 heavy (non-hydrogen) atoms. The molecule has 0 aliphatic heterocycles. The normalized spacial score (nSPS) is 10.6. The van der Waals surface area contributed by atoms with E-state index in [0.717, 1.165) is 16.6 Å². The van der Waals surface area contributed by atoms with Crippen LogP contribution in [-0.2, 0) is 0 Å². The second kappa shape index (κ2) is 4.07. The lowest BCUT2D eigenvalue weighted by molar-refractivity contribution is 1.11. The summed E-state index contributed by atoms with van der Waals surface area (Å²) < 4.78 is 0. The molecule has 2 aromatic heterocycles. The third-order valence-electron chi connectivity index (χ3n) is 2.44. The predicted octanol–water partition coefficient (Wildman–Crippen LogP) is 3.35. The number of fused-ring (bicyclic) bond motifs is 1. The topological polar surface area (TPSA) is 53.6 Å². The summed E-state index contributed by atoms with van der Waals surface area (Å²) in [6, 6.07) is 11.6. The maximum atomic E-state index is 5.95. The highest BCUT2D eigenvalue weighted by molar-refractivity contribution is 6.30. The van der Waals surface area contributed by atoms with Gasteiger partial charge in [-0.15, -0.1) is 0 Å². The molecule has 0 fully saturated rings. The first-order valence-electron chi connectivity index (χ1n) is 5.14. The number of halogens is 1. The smallest absolute Gasteiger partial charge is 0.158 e. The van der Waals surface area contributed by atoms with Gasteiger partial charge < -0.3 is 5.32 Å². The van der Waals surface area contributed by atoms with Crippen LogP contribution in [0.2, 0.25) is 5.15 Å². The Balaban J connectivity index is 2.08. The summed E-state index contributed by atoms with van der Waals surface area (Å²) >= 11 is 5.95. The quantitative estimate of drug-likeness (QED) is 0.680. The SMILES string of the molecule is Clc1cc2cn[nH]c2c(Nc2ccccc2)n1. The van der Waals surface area contributed by atoms with E-state index in [1.54, 1.807) is 12.3 Å². The van der Waals surface area contributed by atoms with Crippen molar-refractivity contribution in [3.8, 4) is 0 Å². The molecule has 1 aromatic carbocycles. The van der Waals surface area contributed by atoms with Gasteiger partial charge in [0.15, 0.2) is 5.82 Å². The Bertz CT molecular complexity index is 648. The number of H-pyrrole nitrogens is 1. The maximum Gasteiger partial charge on any atom is 0.158 e. The summed E-state index contributed by atoms with van der Waals surface area (Å²) in [6.07, 6.45) is 1.72. The van der Waals surface area contributed by atoms with Crippen molar-refractivity contribution in [3.05, 3.63) is 47.7 Å². The van der Waals surface area contributed by atoms with Gasteiger partial charge in [0.1, 0.15) is 10.7 Å². The van der Waals surface area contributed by atoms with E-state index < -0.39 is 0 Å². The van der Waals surface area contributed by atoms with Gasteiger partial charge >= 0.3 is 0 Å². The Kier molecular flexibility index (Phi) is 2.42. The van der Waals surface area contributed by atoms with Crippen LogP contribution in [0.5, 0.6) is 0 Å². The van der Waals surface area contributed by atoms with Crippen molar-refractivity contribution in [2.24, 2.45) is 0 Å². The van der Waals surface area contributed by atoms with Gasteiger partial charge in [-0.2, -0.15) is 5.10 Å². The second-order valence-corrected chi connectivity index (χ2v) is 4.01. The number of rotatable bonds is 2. The molecule has 0 unspecified atom stereocenters. The summed E-state index contributed by atoms with van der Waals surface area (Å²) in [7, 11) is 0. The van der Waals surface area contributed by atoms with Crippen LogP contribution >= 0.6 is 11.6 Å². The van der Waals surface area contributed by atoms with Gasteiger partial charge in [-0.3, -0.25) is 5.10 Å². The number of pyridine rings is 1. The maximum absolute atomic E-state index is 5.95. The van der Waals surface area contributed by atoms with Crippen LogP contribution < -0.4 is 5.32 Å². The predicted molar refractivity (Wildman–Crippen MR) is 68.6 cm³/mol. The van der Waals surface area contributed by atoms with Crippen LogP contribution in [0.3, 0.4) is 0 Å². The van der Waals surface area contributed by atoms with Crippen LogP contribution in [0.25, 0.3) is 10.9 Å². The fourth-order valence-electron chi connectivity index (χ4n) is 1.67. The van der Waals surface area contributed by atoms with Crippen LogP contribution in [-0.4, -0.2) is 15.2 Å². The van der Waals surface area contributed by atoms with Crippen LogP contribution in [0, 0.1) is 0 Å². The number of aromatic amines is 1. The Morgan fingerprint density at radius 3 is 2.82 bits per heavy atom. The minimum Gasteiger partial charge on any atom is -0.338 e. The van der Waals surface area contributed by atoms with E-state index in [-0.39, 0.29) is 0 Å². The second-order valence-electron chi connectivity index (χ2n) is 3.62. The van der Waals surface area contributed by atoms with E-state index in [4.69, 9.17) is 11.6 Å². The zero-order chi connectivity index (χ0) is 11.7. The van der Waals surface area contributed by atoms with Gasteiger partial charge in [0.05, 0.1) is 6.20 Å². The van der Waals surface area contributed by atoms with E-state index in [9.17, 15) is 0 Å². The van der Waals surface area contributed by atoms with Crippen molar-refractivity contribution in [3.63, 3.8) is 0 Å². The van der Waals surface area contributed by atoms with Gasteiger partial charge in [-0.25, -0.2) is 4.98 Å². The third-order valence-corrected chi connectivity index (χ3v) is 2.63. The summed E-state index contributed by atoms with van der Waals surface area (Å²) in [6.45, 7) is 0. The zero-order valence-corrected chi connectivity index (χ0v) is 9.57. The van der Waals surface area contributed by atoms with Gasteiger partial charge in [0.25, 0.3) is 0 Å². The number of aromatic nitrogens is 3. The Labute approximate surface area is 103 Å². The lowest BCUT2D eigenvalue weighted by Gasteiger charge is -2.06. The number of anilines is 2. The first-order chi connectivity index (χ1) is 8.33. The highest BCUT2D eigenvalue weighted by Crippen LogP contribution is 2.25. The number of nitrogens with one attached hydrogen (secondary N) is 2. The van der Waals surface area contributed by atoms with E-state index in [0.29, 0.717) is 11.0 Å². The first kappa shape index (κ1) is 10.1. The van der Waals surface area contributed by atoms with Crippen molar-refractivity contribution in [1.29, 1.82) is 0 Å². The van der Waals surface area contributed by atoms with Gasteiger partial charge in [-0.1, -0.05) is 29.8 Å². The molecule has 4 nitrogen and oxygen atoms in total. The molecule has 0 saturated heterocycles. The first-order valence-corrected chi connectivity index (χ1v) is 5.52. The molecule has 84 valence electrons. The average Bonchev–Trinajstić information content (AvgIpc) is 2.78. The summed E-state index contributed by atoms with van der Waals surface area (Å²) in [5.74, 6) is 0.677. The molecule has 0 saturated carbocycles. The van der Waals surface area contributed by atoms with Crippen LogP contribution in [0.1, 0.15) is 0 Å². The minimum atomic E-state index is 0.442. The lowest BCUT2D eigenvalue weighted by atomic mass is 10.3. The average molecular weight is 245 g/mol. The fraction of sp³-hybridized carbons (Fsp3) is 0. The van der Waals surface area contributed by atoms with Crippen molar-refractivity contribution >= 4 is 34.0 Å². The Morgan fingerprint density at radius 2 is 2.00 bits per heavy atom. The van der Waals surface area contributed by atoms with Crippen molar-refractivity contribution in [2.75, 3.05) is 5.32 Å². The molecule has 2 heterocycles. The summed E-state index contributed by atoms with van der Waals surface area (Å²) in [5, 5.41) is 11.5. The summed E-state index contributed by atoms with van der Waals surface area (Å²) in [5.41, 5.74) is 1.80. The number of nitrogens with zero attached hydrogens (tertiary/aromatic N) is 2. The Morgan fingerprint density at radius 1 is 1.18 bits per heavy atom. The molecular weight excluding hydrogens is 236 g/mol. The number of benzene rings is 1. The molecule has 0 bridgehead atoms. The molecule has 3 aromatic rings. The van der Waals surface area contributed by atoms with Crippen LogP contribution in [0.15, 0.2) is 42.6 Å². The van der Waals surface area contributed by atoms with Gasteiger partial charge in [0, 0.05) is 11.1 Å². The Hall–Kier alpha value is -2.07. The van der Waals surface area contributed by atoms with E-state index in [1.165, 1.54) is 0 Å². The fourth-order valence-corrected chi connectivity index (χ4v) is 1.87. The van der Waals surface area contributed by atoms with Gasteiger partial charge in [-0.05, 0) is 18.2 Å². The highest BCUT2D eigenvalue weighted by Gasteiger charge is 2.06. The zero-order valence-electron chi connectivity index (χ0n) is 8.81. The van der Waals surface area contributed by atoms with Gasteiger partial charge in [0.2, 0.25) is 0 Å². The molecule has 5 heteroatoms. The number of hydrogen-bond acceptors (Lipinski definition) is 3. The molecule has 0 aliphatic carbocycles. The molecule has 0 radical (unpaired) electrons. The molecule has 0 atom stereocenters. The largest absolute Gasteiger partial charge is 0.338 e. The number of hydrogen-bond donors (Lipinski definition) is 2. The molecule has 3 rings (SSSR count). The third kappa shape index (κ3) is 1.94. The molecular formula is C12H9ClN4. The molecule has 2 N–H and O–H groups in total. The standard InChI is InChI=1S/C12H9ClN4/c13-10-6-8-7-14-17-11(8)12(16-10)15-9-4-2-1-3-5-9/h1-7H,(H,14,17)(H,15,16). The monoisotopic (exact) mass is 244 g/mol. The molecule has 0 aliphatic rings. The van der Waals surface area contributed by atoms with E-state index >= 15 is 0 Å².